The maximum absolute atomic E-state index is 11.6. The number of fused-ring (bicyclic) bond motifs is 1. The number of carbonyl (C=O) groups is 1. The van der Waals surface area contributed by atoms with Crippen molar-refractivity contribution < 1.29 is 9.53 Å². The maximum atomic E-state index is 11.6. The van der Waals surface area contributed by atoms with E-state index < -0.39 is 5.60 Å². The smallest absolute Gasteiger partial charge is 0.407 e. The number of ether oxygens (including phenoxy) is 1. The molecule has 0 aliphatic carbocycles. The Labute approximate surface area is 161 Å². The minimum atomic E-state index is -0.473. The lowest BCUT2D eigenvalue weighted by atomic mass is 10.1. The number of aliphatic imine (C=N–C) groups is 1. The summed E-state index contributed by atoms with van der Waals surface area (Å²) in [6, 6.07) is 8.30. The fourth-order valence-electron chi connectivity index (χ4n) is 2.67. The molecular weight excluding hydrogens is 342 g/mol. The van der Waals surface area contributed by atoms with E-state index in [1.54, 1.807) is 7.05 Å². The van der Waals surface area contributed by atoms with Gasteiger partial charge in [0, 0.05) is 43.8 Å². The molecule has 2 aromatic rings. The first-order valence-electron chi connectivity index (χ1n) is 9.35. The Bertz CT molecular complexity index is 761. The van der Waals surface area contributed by atoms with E-state index in [1.807, 2.05) is 26.8 Å². The number of benzene rings is 1. The number of guanidine groups is 1. The average Bonchev–Trinajstić information content (AvgIpc) is 3.01. The molecule has 7 nitrogen and oxygen atoms in total. The van der Waals surface area contributed by atoms with Gasteiger partial charge in [0.05, 0.1) is 0 Å². The standard InChI is InChI=1S/C20H31N5O2/c1-20(2,3)27-19(26)24-12-7-11-22-18(21-4)23-13-10-15-14-25-17-9-6-5-8-16(15)17/h5-6,8-9,14,25H,7,10-13H2,1-4H3,(H,24,26)(H2,21,22,23). The third-order valence-corrected chi connectivity index (χ3v) is 3.90. The lowest BCUT2D eigenvalue weighted by Gasteiger charge is -2.19. The first kappa shape index (κ1) is 20.6. The van der Waals surface area contributed by atoms with Gasteiger partial charge in [-0.1, -0.05) is 18.2 Å². The number of rotatable bonds is 7. The van der Waals surface area contributed by atoms with Crippen LogP contribution in [-0.2, 0) is 11.2 Å². The van der Waals surface area contributed by atoms with E-state index in [9.17, 15) is 4.79 Å². The molecule has 0 aliphatic heterocycles. The van der Waals surface area contributed by atoms with Crippen LogP contribution >= 0.6 is 0 Å². The van der Waals surface area contributed by atoms with E-state index >= 15 is 0 Å². The Balaban J connectivity index is 1.63. The summed E-state index contributed by atoms with van der Waals surface area (Å²) in [5.41, 5.74) is 1.97. The highest BCUT2D eigenvalue weighted by molar-refractivity contribution is 5.83. The van der Waals surface area contributed by atoms with Gasteiger partial charge in [-0.25, -0.2) is 4.79 Å². The number of nitrogens with zero attached hydrogens (tertiary/aromatic N) is 1. The molecule has 0 unspecified atom stereocenters. The number of amides is 1. The molecule has 0 atom stereocenters. The molecule has 0 radical (unpaired) electrons. The summed E-state index contributed by atoms with van der Waals surface area (Å²) in [5, 5.41) is 10.6. The molecule has 7 heteroatoms. The number of alkyl carbamates (subject to hydrolysis) is 1. The quantitative estimate of drug-likeness (QED) is 0.341. The predicted octanol–water partition coefficient (Wildman–Crippen LogP) is 2.79. The van der Waals surface area contributed by atoms with Gasteiger partial charge >= 0.3 is 6.09 Å². The Morgan fingerprint density at radius 3 is 2.56 bits per heavy atom. The summed E-state index contributed by atoms with van der Waals surface area (Å²) >= 11 is 0. The number of aromatic nitrogens is 1. The maximum Gasteiger partial charge on any atom is 0.407 e. The SMILES string of the molecule is CN=C(NCCCNC(=O)OC(C)(C)C)NCCc1c[nH]c2ccccc12. The number of carbonyl (C=O) groups excluding carboxylic acids is 1. The summed E-state index contributed by atoms with van der Waals surface area (Å²) < 4.78 is 5.20. The third kappa shape index (κ3) is 7.21. The van der Waals surface area contributed by atoms with E-state index in [0.29, 0.717) is 13.1 Å². The zero-order valence-electron chi connectivity index (χ0n) is 16.7. The van der Waals surface area contributed by atoms with Crippen molar-refractivity contribution in [3.05, 3.63) is 36.0 Å². The van der Waals surface area contributed by atoms with Crippen molar-refractivity contribution in [1.82, 2.24) is 20.9 Å². The molecule has 0 aliphatic rings. The summed E-state index contributed by atoms with van der Waals surface area (Å²) in [4.78, 5) is 19.1. The van der Waals surface area contributed by atoms with Crippen LogP contribution in [0.3, 0.4) is 0 Å². The van der Waals surface area contributed by atoms with E-state index in [-0.39, 0.29) is 6.09 Å². The predicted molar refractivity (Wildman–Crippen MR) is 110 cm³/mol. The number of hydrogen-bond donors (Lipinski definition) is 4. The van der Waals surface area contributed by atoms with Gasteiger partial charge in [0.25, 0.3) is 0 Å². The lowest BCUT2D eigenvalue weighted by molar-refractivity contribution is 0.0527. The van der Waals surface area contributed by atoms with Crippen molar-refractivity contribution in [2.75, 3.05) is 26.7 Å². The van der Waals surface area contributed by atoms with Crippen molar-refractivity contribution in [3.8, 4) is 0 Å². The first-order valence-corrected chi connectivity index (χ1v) is 9.35. The molecule has 27 heavy (non-hydrogen) atoms. The van der Waals surface area contributed by atoms with Crippen LogP contribution in [0.25, 0.3) is 10.9 Å². The Kier molecular flexibility index (Phi) is 7.52. The van der Waals surface area contributed by atoms with Crippen molar-refractivity contribution in [3.63, 3.8) is 0 Å². The van der Waals surface area contributed by atoms with E-state index in [0.717, 1.165) is 30.9 Å². The van der Waals surface area contributed by atoms with Crippen LogP contribution < -0.4 is 16.0 Å². The third-order valence-electron chi connectivity index (χ3n) is 3.90. The number of para-hydroxylation sites is 1. The lowest BCUT2D eigenvalue weighted by Crippen LogP contribution is -2.40. The van der Waals surface area contributed by atoms with Gasteiger partial charge in [-0.05, 0) is 45.2 Å². The Morgan fingerprint density at radius 1 is 1.11 bits per heavy atom. The second-order valence-electron chi connectivity index (χ2n) is 7.32. The molecule has 0 fully saturated rings. The Hall–Kier alpha value is -2.70. The highest BCUT2D eigenvalue weighted by Crippen LogP contribution is 2.17. The van der Waals surface area contributed by atoms with Crippen molar-refractivity contribution in [2.45, 2.75) is 39.2 Å². The number of hydrogen-bond acceptors (Lipinski definition) is 3. The second kappa shape index (κ2) is 9.85. The van der Waals surface area contributed by atoms with Crippen LogP contribution in [0.1, 0.15) is 32.8 Å². The largest absolute Gasteiger partial charge is 0.444 e. The normalized spacial score (nSPS) is 12.1. The summed E-state index contributed by atoms with van der Waals surface area (Å²) in [5.74, 6) is 0.757. The molecule has 4 N–H and O–H groups in total. The Morgan fingerprint density at radius 2 is 1.81 bits per heavy atom. The second-order valence-corrected chi connectivity index (χ2v) is 7.32. The molecule has 148 valence electrons. The van der Waals surface area contributed by atoms with E-state index in [2.05, 4.69) is 50.3 Å². The summed E-state index contributed by atoms with van der Waals surface area (Å²) in [7, 11) is 1.75. The van der Waals surface area contributed by atoms with Crippen LogP contribution in [0, 0.1) is 0 Å². The molecule has 0 spiro atoms. The minimum Gasteiger partial charge on any atom is -0.444 e. The topological polar surface area (TPSA) is 90.5 Å². The fourth-order valence-corrected chi connectivity index (χ4v) is 2.67. The number of nitrogens with one attached hydrogen (secondary N) is 4. The van der Waals surface area contributed by atoms with Crippen LogP contribution in [0.15, 0.2) is 35.5 Å². The van der Waals surface area contributed by atoms with E-state index in [1.165, 1.54) is 10.9 Å². The number of H-pyrrole nitrogens is 1. The van der Waals surface area contributed by atoms with Crippen LogP contribution in [0.5, 0.6) is 0 Å². The molecule has 2 rings (SSSR count). The highest BCUT2D eigenvalue weighted by atomic mass is 16.6. The molecule has 0 saturated heterocycles. The highest BCUT2D eigenvalue weighted by Gasteiger charge is 2.15. The molecular formula is C20H31N5O2. The monoisotopic (exact) mass is 373 g/mol. The zero-order chi connectivity index (χ0) is 19.7. The molecule has 1 aromatic heterocycles. The fraction of sp³-hybridized carbons (Fsp3) is 0.500. The van der Waals surface area contributed by atoms with Crippen molar-refractivity contribution >= 4 is 23.0 Å². The van der Waals surface area contributed by atoms with Crippen LogP contribution in [-0.4, -0.2) is 49.3 Å². The van der Waals surface area contributed by atoms with Crippen LogP contribution in [0.4, 0.5) is 4.79 Å². The van der Waals surface area contributed by atoms with Crippen LogP contribution in [0.2, 0.25) is 0 Å². The molecule has 1 heterocycles. The molecule has 1 amide bonds. The number of aromatic amines is 1. The minimum absolute atomic E-state index is 0.385. The van der Waals surface area contributed by atoms with Gasteiger partial charge in [0.2, 0.25) is 0 Å². The molecule has 1 aromatic carbocycles. The van der Waals surface area contributed by atoms with Crippen molar-refractivity contribution in [1.29, 1.82) is 0 Å². The van der Waals surface area contributed by atoms with E-state index in [4.69, 9.17) is 4.74 Å². The first-order chi connectivity index (χ1) is 12.9. The molecule has 0 saturated carbocycles. The van der Waals surface area contributed by atoms with Crippen molar-refractivity contribution in [2.24, 2.45) is 4.99 Å². The van der Waals surface area contributed by atoms with Gasteiger partial charge < -0.3 is 25.7 Å². The zero-order valence-corrected chi connectivity index (χ0v) is 16.7. The van der Waals surface area contributed by atoms with Gasteiger partial charge in [-0.2, -0.15) is 0 Å². The summed E-state index contributed by atoms with van der Waals surface area (Å²) in [6.45, 7) is 7.59. The van der Waals surface area contributed by atoms with Gasteiger partial charge in [-0.15, -0.1) is 0 Å². The summed E-state index contributed by atoms with van der Waals surface area (Å²) in [6.07, 6.45) is 3.36. The average molecular weight is 374 g/mol. The molecule has 0 bridgehead atoms. The van der Waals surface area contributed by atoms with Gasteiger partial charge in [-0.3, -0.25) is 4.99 Å². The van der Waals surface area contributed by atoms with Gasteiger partial charge in [0.15, 0.2) is 5.96 Å². The van der Waals surface area contributed by atoms with Gasteiger partial charge in [0.1, 0.15) is 5.60 Å².